The van der Waals surface area contributed by atoms with Crippen molar-refractivity contribution in [1.82, 2.24) is 9.97 Å². The Labute approximate surface area is 94.1 Å². The van der Waals surface area contributed by atoms with E-state index in [1.54, 1.807) is 18.6 Å². The number of benzene rings is 1. The van der Waals surface area contributed by atoms with Crippen LogP contribution in [-0.4, -0.2) is 9.97 Å². The molecular formula is C12H13N3O. The molecule has 0 saturated carbocycles. The SMILES string of the molecule is NCc1ccccc1OCc1cnccn1. The summed E-state index contributed by atoms with van der Waals surface area (Å²) in [5.74, 6) is 0.802. The number of ether oxygens (including phenoxy) is 1. The van der Waals surface area contributed by atoms with Crippen LogP contribution in [0.1, 0.15) is 11.3 Å². The highest BCUT2D eigenvalue weighted by molar-refractivity contribution is 5.33. The van der Waals surface area contributed by atoms with Gasteiger partial charge < -0.3 is 10.5 Å². The first-order valence-corrected chi connectivity index (χ1v) is 5.06. The lowest BCUT2D eigenvalue weighted by Gasteiger charge is -2.09. The predicted molar refractivity (Wildman–Crippen MR) is 60.7 cm³/mol. The molecule has 0 atom stereocenters. The van der Waals surface area contributed by atoms with E-state index in [1.807, 2.05) is 24.3 Å². The lowest BCUT2D eigenvalue weighted by atomic mass is 10.2. The minimum absolute atomic E-state index is 0.408. The maximum absolute atomic E-state index is 5.63. The van der Waals surface area contributed by atoms with Crippen LogP contribution in [0.15, 0.2) is 42.9 Å². The molecule has 16 heavy (non-hydrogen) atoms. The molecule has 82 valence electrons. The molecule has 2 N–H and O–H groups in total. The Morgan fingerprint density at radius 1 is 1.19 bits per heavy atom. The Hall–Kier alpha value is -1.94. The highest BCUT2D eigenvalue weighted by atomic mass is 16.5. The van der Waals surface area contributed by atoms with E-state index in [0.717, 1.165) is 17.0 Å². The molecule has 4 nitrogen and oxygen atoms in total. The van der Waals surface area contributed by atoms with Gasteiger partial charge in [-0.25, -0.2) is 0 Å². The van der Waals surface area contributed by atoms with Crippen LogP contribution < -0.4 is 10.5 Å². The number of hydrogen-bond donors (Lipinski definition) is 1. The minimum Gasteiger partial charge on any atom is -0.487 e. The number of nitrogens with zero attached hydrogens (tertiary/aromatic N) is 2. The van der Waals surface area contributed by atoms with E-state index in [1.165, 1.54) is 0 Å². The Morgan fingerprint density at radius 3 is 2.81 bits per heavy atom. The van der Waals surface area contributed by atoms with Gasteiger partial charge in [0.2, 0.25) is 0 Å². The largest absolute Gasteiger partial charge is 0.487 e. The minimum atomic E-state index is 0.408. The van der Waals surface area contributed by atoms with Crippen LogP contribution in [0.5, 0.6) is 5.75 Å². The fourth-order valence-electron chi connectivity index (χ4n) is 1.37. The summed E-state index contributed by atoms with van der Waals surface area (Å²) in [5.41, 5.74) is 7.40. The third-order valence-electron chi connectivity index (χ3n) is 2.18. The second kappa shape index (κ2) is 5.23. The second-order valence-electron chi connectivity index (χ2n) is 3.30. The summed E-state index contributed by atoms with van der Waals surface area (Å²) in [6.45, 7) is 0.876. The number of aromatic nitrogens is 2. The number of para-hydroxylation sites is 1. The molecule has 0 amide bonds. The van der Waals surface area contributed by atoms with E-state index in [0.29, 0.717) is 13.2 Å². The first kappa shape index (κ1) is 10.6. The van der Waals surface area contributed by atoms with Crippen LogP contribution in [0.2, 0.25) is 0 Å². The van der Waals surface area contributed by atoms with Crippen molar-refractivity contribution < 1.29 is 4.74 Å². The molecular weight excluding hydrogens is 202 g/mol. The van der Waals surface area contributed by atoms with Crippen LogP contribution >= 0.6 is 0 Å². The molecule has 0 radical (unpaired) electrons. The van der Waals surface area contributed by atoms with Crippen molar-refractivity contribution in [3.8, 4) is 5.75 Å². The molecule has 0 unspecified atom stereocenters. The smallest absolute Gasteiger partial charge is 0.132 e. The van der Waals surface area contributed by atoms with Gasteiger partial charge in [0, 0.05) is 24.5 Å². The Kier molecular flexibility index (Phi) is 3.46. The average Bonchev–Trinajstić information content (AvgIpc) is 2.38. The molecule has 0 aliphatic carbocycles. The van der Waals surface area contributed by atoms with Gasteiger partial charge in [-0.15, -0.1) is 0 Å². The van der Waals surface area contributed by atoms with E-state index in [9.17, 15) is 0 Å². The van der Waals surface area contributed by atoms with E-state index in [4.69, 9.17) is 10.5 Å². The lowest BCUT2D eigenvalue weighted by molar-refractivity contribution is 0.297. The third kappa shape index (κ3) is 2.55. The van der Waals surface area contributed by atoms with E-state index < -0.39 is 0 Å². The molecule has 1 aromatic carbocycles. The Balaban J connectivity index is 2.05. The zero-order valence-electron chi connectivity index (χ0n) is 8.84. The van der Waals surface area contributed by atoms with Crippen molar-refractivity contribution in [2.24, 2.45) is 5.73 Å². The highest BCUT2D eigenvalue weighted by Gasteiger charge is 2.01. The molecule has 2 rings (SSSR count). The van der Waals surface area contributed by atoms with Crippen molar-refractivity contribution >= 4 is 0 Å². The van der Waals surface area contributed by atoms with Crippen molar-refractivity contribution in [1.29, 1.82) is 0 Å². The van der Waals surface area contributed by atoms with Gasteiger partial charge in [0.25, 0.3) is 0 Å². The first-order chi connectivity index (χ1) is 7.90. The average molecular weight is 215 g/mol. The van der Waals surface area contributed by atoms with Gasteiger partial charge in [0.05, 0.1) is 11.9 Å². The zero-order chi connectivity index (χ0) is 11.2. The third-order valence-corrected chi connectivity index (χ3v) is 2.18. The number of rotatable bonds is 4. The molecule has 0 aliphatic rings. The van der Waals surface area contributed by atoms with Gasteiger partial charge in [-0.3, -0.25) is 9.97 Å². The lowest BCUT2D eigenvalue weighted by Crippen LogP contribution is -2.03. The standard InChI is InChI=1S/C12H13N3O/c13-7-10-3-1-2-4-12(10)16-9-11-8-14-5-6-15-11/h1-6,8H,7,9,13H2. The van der Waals surface area contributed by atoms with E-state index >= 15 is 0 Å². The van der Waals surface area contributed by atoms with Gasteiger partial charge in [0.15, 0.2) is 0 Å². The predicted octanol–water partition coefficient (Wildman–Crippen LogP) is 1.51. The molecule has 2 aromatic rings. The van der Waals surface area contributed by atoms with Crippen LogP contribution in [0.25, 0.3) is 0 Å². The number of hydrogen-bond acceptors (Lipinski definition) is 4. The Morgan fingerprint density at radius 2 is 2.06 bits per heavy atom. The molecule has 0 bridgehead atoms. The molecule has 0 fully saturated rings. The molecule has 1 heterocycles. The molecule has 1 aromatic heterocycles. The maximum atomic E-state index is 5.63. The summed E-state index contributed by atoms with van der Waals surface area (Å²) in [6.07, 6.45) is 4.97. The maximum Gasteiger partial charge on any atom is 0.132 e. The molecule has 4 heteroatoms. The summed E-state index contributed by atoms with van der Waals surface area (Å²) in [4.78, 5) is 8.10. The first-order valence-electron chi connectivity index (χ1n) is 5.06. The van der Waals surface area contributed by atoms with Crippen molar-refractivity contribution in [3.05, 3.63) is 54.1 Å². The van der Waals surface area contributed by atoms with Gasteiger partial charge >= 0.3 is 0 Å². The van der Waals surface area contributed by atoms with E-state index in [2.05, 4.69) is 9.97 Å². The normalized spacial score (nSPS) is 10.1. The van der Waals surface area contributed by atoms with Gasteiger partial charge in [0.1, 0.15) is 12.4 Å². The van der Waals surface area contributed by atoms with Crippen molar-refractivity contribution in [2.45, 2.75) is 13.2 Å². The summed E-state index contributed by atoms with van der Waals surface area (Å²) in [6, 6.07) is 7.72. The van der Waals surface area contributed by atoms with Gasteiger partial charge in [-0.05, 0) is 6.07 Å². The summed E-state index contributed by atoms with van der Waals surface area (Å²) in [5, 5.41) is 0. The molecule has 0 aliphatic heterocycles. The monoisotopic (exact) mass is 215 g/mol. The topological polar surface area (TPSA) is 61.0 Å². The summed E-state index contributed by atoms with van der Waals surface area (Å²) in [7, 11) is 0. The van der Waals surface area contributed by atoms with Crippen molar-refractivity contribution in [3.63, 3.8) is 0 Å². The highest BCUT2D eigenvalue weighted by Crippen LogP contribution is 2.17. The van der Waals surface area contributed by atoms with Gasteiger partial charge in [-0.2, -0.15) is 0 Å². The molecule has 0 saturated heterocycles. The second-order valence-corrected chi connectivity index (χ2v) is 3.30. The Bertz CT molecular complexity index is 445. The fraction of sp³-hybridized carbons (Fsp3) is 0.167. The quantitative estimate of drug-likeness (QED) is 0.839. The summed E-state index contributed by atoms with van der Waals surface area (Å²) < 4.78 is 5.63. The van der Waals surface area contributed by atoms with Gasteiger partial charge in [-0.1, -0.05) is 18.2 Å². The zero-order valence-corrected chi connectivity index (χ0v) is 8.84. The van der Waals surface area contributed by atoms with Crippen molar-refractivity contribution in [2.75, 3.05) is 0 Å². The number of nitrogens with two attached hydrogens (primary N) is 1. The fourth-order valence-corrected chi connectivity index (χ4v) is 1.37. The van der Waals surface area contributed by atoms with E-state index in [-0.39, 0.29) is 0 Å². The summed E-state index contributed by atoms with van der Waals surface area (Å²) >= 11 is 0. The van der Waals surface area contributed by atoms with Crippen LogP contribution in [0.3, 0.4) is 0 Å². The molecule has 0 spiro atoms. The van der Waals surface area contributed by atoms with Crippen LogP contribution in [0, 0.1) is 0 Å². The van der Waals surface area contributed by atoms with Crippen LogP contribution in [0.4, 0.5) is 0 Å². The van der Waals surface area contributed by atoms with Crippen LogP contribution in [-0.2, 0) is 13.2 Å².